The highest BCUT2D eigenvalue weighted by molar-refractivity contribution is 7.13. The van der Waals surface area contributed by atoms with Gasteiger partial charge in [0.05, 0.1) is 16.4 Å². The Kier molecular flexibility index (Phi) is 6.76. The number of hydrogen-bond acceptors (Lipinski definition) is 5. The van der Waals surface area contributed by atoms with Gasteiger partial charge in [-0.1, -0.05) is 32.0 Å². The van der Waals surface area contributed by atoms with E-state index in [9.17, 15) is 4.79 Å². The largest absolute Gasteiger partial charge is 0.487 e. The van der Waals surface area contributed by atoms with Gasteiger partial charge in [-0.15, -0.1) is 11.3 Å². The Hall–Kier alpha value is -2.73. The van der Waals surface area contributed by atoms with Crippen LogP contribution in [0.5, 0.6) is 5.75 Å². The smallest absolute Gasteiger partial charge is 0.263 e. The van der Waals surface area contributed by atoms with E-state index in [0.29, 0.717) is 23.9 Å². The Morgan fingerprint density at radius 2 is 1.96 bits per heavy atom. The SMILES string of the molecule is Cc1nc(CC(C)C)sc1C(=O)NCc1ccc(OCc2ccccn2)cc1. The monoisotopic (exact) mass is 395 g/mol. The van der Waals surface area contributed by atoms with E-state index in [1.807, 2.05) is 49.4 Å². The van der Waals surface area contributed by atoms with Crippen molar-refractivity contribution in [1.82, 2.24) is 15.3 Å². The van der Waals surface area contributed by atoms with Crippen molar-refractivity contribution in [3.8, 4) is 5.75 Å². The first-order valence-electron chi connectivity index (χ1n) is 9.37. The molecule has 3 aromatic rings. The fourth-order valence-electron chi connectivity index (χ4n) is 2.71. The van der Waals surface area contributed by atoms with Gasteiger partial charge in [0.15, 0.2) is 0 Å². The van der Waals surface area contributed by atoms with Gasteiger partial charge in [-0.05, 0) is 42.7 Å². The van der Waals surface area contributed by atoms with Crippen molar-refractivity contribution in [2.75, 3.05) is 0 Å². The number of ether oxygens (including phenoxy) is 1. The topological polar surface area (TPSA) is 64.1 Å². The van der Waals surface area contributed by atoms with Gasteiger partial charge in [0.1, 0.15) is 17.2 Å². The standard InChI is InChI=1S/C22H25N3O2S/c1-15(2)12-20-25-16(3)21(28-20)22(26)24-13-17-7-9-19(10-8-17)27-14-18-6-4-5-11-23-18/h4-11,15H,12-14H2,1-3H3,(H,24,26). The Morgan fingerprint density at radius 1 is 1.18 bits per heavy atom. The molecule has 0 fully saturated rings. The van der Waals surface area contributed by atoms with Gasteiger partial charge in [-0.3, -0.25) is 9.78 Å². The van der Waals surface area contributed by atoms with E-state index in [-0.39, 0.29) is 5.91 Å². The number of nitrogens with one attached hydrogen (secondary N) is 1. The number of thiazole rings is 1. The third kappa shape index (κ3) is 5.63. The minimum atomic E-state index is -0.0690. The van der Waals surface area contributed by atoms with Crippen LogP contribution < -0.4 is 10.1 Å². The predicted octanol–water partition coefficient (Wildman–Crippen LogP) is 4.55. The van der Waals surface area contributed by atoms with Gasteiger partial charge in [-0.2, -0.15) is 0 Å². The molecule has 146 valence electrons. The molecule has 0 aliphatic heterocycles. The van der Waals surface area contributed by atoms with Crippen LogP contribution in [0.1, 0.15) is 45.5 Å². The molecule has 1 amide bonds. The zero-order valence-corrected chi connectivity index (χ0v) is 17.3. The molecule has 0 bridgehead atoms. The highest BCUT2D eigenvalue weighted by Crippen LogP contribution is 2.21. The van der Waals surface area contributed by atoms with Crippen molar-refractivity contribution < 1.29 is 9.53 Å². The molecule has 1 aromatic carbocycles. The Labute approximate surface area is 169 Å². The number of carbonyl (C=O) groups is 1. The van der Waals surface area contributed by atoms with Crippen molar-refractivity contribution >= 4 is 17.2 Å². The van der Waals surface area contributed by atoms with Crippen LogP contribution in [0.2, 0.25) is 0 Å². The number of pyridine rings is 1. The first-order valence-corrected chi connectivity index (χ1v) is 10.2. The lowest BCUT2D eigenvalue weighted by molar-refractivity contribution is 0.0954. The summed E-state index contributed by atoms with van der Waals surface area (Å²) < 4.78 is 5.74. The third-order valence-corrected chi connectivity index (χ3v) is 5.30. The maximum absolute atomic E-state index is 12.5. The van der Waals surface area contributed by atoms with Crippen LogP contribution >= 0.6 is 11.3 Å². The van der Waals surface area contributed by atoms with Gasteiger partial charge in [0, 0.05) is 19.2 Å². The van der Waals surface area contributed by atoms with Gasteiger partial charge >= 0.3 is 0 Å². The Balaban J connectivity index is 1.52. The van der Waals surface area contributed by atoms with Gasteiger partial charge in [-0.25, -0.2) is 4.98 Å². The lowest BCUT2D eigenvalue weighted by Gasteiger charge is -2.08. The van der Waals surface area contributed by atoms with Crippen molar-refractivity contribution in [2.24, 2.45) is 5.92 Å². The van der Waals surface area contributed by atoms with Crippen LogP contribution in [0.4, 0.5) is 0 Å². The van der Waals surface area contributed by atoms with Crippen LogP contribution in [0.15, 0.2) is 48.7 Å². The fraction of sp³-hybridized carbons (Fsp3) is 0.318. The van der Waals surface area contributed by atoms with Crippen LogP contribution in [-0.4, -0.2) is 15.9 Å². The van der Waals surface area contributed by atoms with E-state index >= 15 is 0 Å². The van der Waals surface area contributed by atoms with Crippen molar-refractivity contribution in [3.05, 3.63) is 75.5 Å². The average molecular weight is 396 g/mol. The maximum atomic E-state index is 12.5. The zero-order chi connectivity index (χ0) is 19.9. The predicted molar refractivity (Wildman–Crippen MR) is 112 cm³/mol. The second-order valence-electron chi connectivity index (χ2n) is 7.06. The summed E-state index contributed by atoms with van der Waals surface area (Å²) in [7, 11) is 0. The summed E-state index contributed by atoms with van der Waals surface area (Å²) in [6.07, 6.45) is 2.65. The van der Waals surface area contributed by atoms with Crippen LogP contribution in [-0.2, 0) is 19.6 Å². The molecule has 3 rings (SSSR count). The molecule has 1 N–H and O–H groups in total. The maximum Gasteiger partial charge on any atom is 0.263 e. The number of carbonyl (C=O) groups excluding carboxylic acids is 1. The molecule has 0 unspecified atom stereocenters. The number of nitrogens with zero attached hydrogens (tertiary/aromatic N) is 2. The summed E-state index contributed by atoms with van der Waals surface area (Å²) in [5.74, 6) is 1.23. The lowest BCUT2D eigenvalue weighted by atomic mass is 10.1. The number of hydrogen-bond donors (Lipinski definition) is 1. The summed E-state index contributed by atoms with van der Waals surface area (Å²) in [4.78, 5) is 21.9. The minimum Gasteiger partial charge on any atom is -0.487 e. The summed E-state index contributed by atoms with van der Waals surface area (Å²) in [5, 5.41) is 4.00. The van der Waals surface area contributed by atoms with E-state index in [1.54, 1.807) is 6.20 Å². The van der Waals surface area contributed by atoms with Crippen molar-refractivity contribution in [1.29, 1.82) is 0 Å². The highest BCUT2D eigenvalue weighted by atomic mass is 32.1. The van der Waals surface area contributed by atoms with E-state index in [4.69, 9.17) is 4.74 Å². The van der Waals surface area contributed by atoms with E-state index in [0.717, 1.165) is 34.1 Å². The van der Waals surface area contributed by atoms with Crippen LogP contribution in [0.25, 0.3) is 0 Å². The molecule has 0 saturated heterocycles. The molecular formula is C22H25N3O2S. The zero-order valence-electron chi connectivity index (χ0n) is 16.4. The first-order chi connectivity index (χ1) is 13.5. The first kappa shape index (κ1) is 20.0. The van der Waals surface area contributed by atoms with Crippen molar-refractivity contribution in [2.45, 2.75) is 40.3 Å². The lowest BCUT2D eigenvalue weighted by Crippen LogP contribution is -2.22. The number of amides is 1. The van der Waals surface area contributed by atoms with Gasteiger partial charge in [0.25, 0.3) is 5.91 Å². The average Bonchev–Trinajstić information content (AvgIpc) is 3.05. The second kappa shape index (κ2) is 9.46. The number of benzene rings is 1. The number of aryl methyl sites for hydroxylation is 1. The third-order valence-electron chi connectivity index (χ3n) is 4.12. The van der Waals surface area contributed by atoms with E-state index < -0.39 is 0 Å². The fourth-order valence-corrected chi connectivity index (χ4v) is 3.90. The molecule has 6 heteroatoms. The van der Waals surface area contributed by atoms with Crippen LogP contribution in [0.3, 0.4) is 0 Å². The Morgan fingerprint density at radius 3 is 2.64 bits per heavy atom. The molecule has 0 aliphatic rings. The summed E-state index contributed by atoms with van der Waals surface area (Å²) in [6, 6.07) is 13.5. The van der Waals surface area contributed by atoms with Gasteiger partial charge < -0.3 is 10.1 Å². The quantitative estimate of drug-likeness (QED) is 0.607. The molecule has 0 spiro atoms. The molecule has 0 aliphatic carbocycles. The summed E-state index contributed by atoms with van der Waals surface area (Å²) >= 11 is 1.49. The molecule has 0 atom stereocenters. The molecule has 5 nitrogen and oxygen atoms in total. The molecule has 0 radical (unpaired) electrons. The van der Waals surface area contributed by atoms with E-state index in [2.05, 4.69) is 29.1 Å². The molecule has 0 saturated carbocycles. The van der Waals surface area contributed by atoms with E-state index in [1.165, 1.54) is 11.3 Å². The molecular weight excluding hydrogens is 370 g/mol. The summed E-state index contributed by atoms with van der Waals surface area (Å²) in [6.45, 7) is 7.10. The highest BCUT2D eigenvalue weighted by Gasteiger charge is 2.15. The minimum absolute atomic E-state index is 0.0690. The number of rotatable bonds is 8. The number of aromatic nitrogens is 2. The molecule has 2 aromatic heterocycles. The Bertz CT molecular complexity index is 905. The van der Waals surface area contributed by atoms with Crippen molar-refractivity contribution in [3.63, 3.8) is 0 Å². The summed E-state index contributed by atoms with van der Waals surface area (Å²) in [5.41, 5.74) is 2.70. The molecule has 28 heavy (non-hydrogen) atoms. The second-order valence-corrected chi connectivity index (χ2v) is 8.14. The van der Waals surface area contributed by atoms with Crippen LogP contribution in [0, 0.1) is 12.8 Å². The molecule has 2 heterocycles. The normalized spacial score (nSPS) is 10.9. The van der Waals surface area contributed by atoms with Gasteiger partial charge in [0.2, 0.25) is 0 Å².